The topological polar surface area (TPSA) is 73.2 Å². The number of aliphatic imine (C=N–C) groups is 1. The SMILES string of the molecule is C=Cc1ccc(C)cc1/C=C\C.C=NC(=N)c1ccccc1.N=Cc1cccc2oc3ccc(-c4cccc5sc6cc(-c7ccccc7)ccc6c45)cc3c12. The van der Waals surface area contributed by atoms with Gasteiger partial charge in [-0.15, -0.1) is 11.3 Å². The van der Waals surface area contributed by atoms with Gasteiger partial charge in [-0.2, -0.15) is 0 Å². The van der Waals surface area contributed by atoms with E-state index in [1.807, 2.05) is 78.9 Å². The summed E-state index contributed by atoms with van der Waals surface area (Å²) in [5.74, 6) is 0.223. The average molecular weight is 744 g/mol. The molecule has 0 atom stereocenters. The molecule has 5 heteroatoms. The second kappa shape index (κ2) is 17.0. The summed E-state index contributed by atoms with van der Waals surface area (Å²) in [7, 11) is 0. The molecule has 56 heavy (non-hydrogen) atoms. The van der Waals surface area contributed by atoms with E-state index in [0.29, 0.717) is 0 Å². The number of nitrogens with one attached hydrogen (secondary N) is 2. The molecule has 2 aromatic heterocycles. The zero-order chi connectivity index (χ0) is 39.0. The molecule has 0 bridgehead atoms. The Morgan fingerprint density at radius 2 is 1.39 bits per heavy atom. The van der Waals surface area contributed by atoms with Crippen molar-refractivity contribution in [2.24, 2.45) is 4.99 Å². The Bertz CT molecular complexity index is 2900. The molecule has 0 saturated carbocycles. The molecule has 0 unspecified atom stereocenters. The van der Waals surface area contributed by atoms with Gasteiger partial charge in [-0.05, 0) is 84.3 Å². The molecule has 2 heterocycles. The monoisotopic (exact) mass is 743 g/mol. The van der Waals surface area contributed by atoms with Crippen LogP contribution in [-0.2, 0) is 0 Å². The van der Waals surface area contributed by atoms with Gasteiger partial charge in [0.2, 0.25) is 0 Å². The Hall–Kier alpha value is -6.95. The normalized spacial score (nSPS) is 10.9. The van der Waals surface area contributed by atoms with Crippen molar-refractivity contribution in [1.82, 2.24) is 0 Å². The van der Waals surface area contributed by atoms with E-state index in [0.717, 1.165) is 38.6 Å². The number of nitrogens with zero attached hydrogens (tertiary/aromatic N) is 1. The van der Waals surface area contributed by atoms with Crippen LogP contribution in [0, 0.1) is 17.7 Å². The van der Waals surface area contributed by atoms with Crippen LogP contribution in [0.25, 0.3) is 76.5 Å². The van der Waals surface area contributed by atoms with Crippen molar-refractivity contribution in [1.29, 1.82) is 10.8 Å². The van der Waals surface area contributed by atoms with Gasteiger partial charge in [0.25, 0.3) is 0 Å². The molecule has 0 amide bonds. The number of hydrogen-bond donors (Lipinski definition) is 2. The maximum absolute atomic E-state index is 7.85. The first-order chi connectivity index (χ1) is 27.4. The third kappa shape index (κ3) is 7.81. The van der Waals surface area contributed by atoms with E-state index in [1.54, 1.807) is 0 Å². The highest BCUT2D eigenvalue weighted by atomic mass is 32.1. The summed E-state index contributed by atoms with van der Waals surface area (Å²) in [5, 5.41) is 19.7. The molecule has 0 fully saturated rings. The van der Waals surface area contributed by atoms with Crippen LogP contribution in [0.4, 0.5) is 0 Å². The molecular formula is C51H41N3OS. The van der Waals surface area contributed by atoms with Crippen molar-refractivity contribution in [2.45, 2.75) is 13.8 Å². The Kier molecular flexibility index (Phi) is 11.4. The Morgan fingerprint density at radius 3 is 2.12 bits per heavy atom. The molecule has 0 aliphatic heterocycles. The third-order valence-electron chi connectivity index (χ3n) is 9.61. The van der Waals surface area contributed by atoms with Gasteiger partial charge in [0.05, 0.1) is 0 Å². The number of hydrogen-bond acceptors (Lipinski definition) is 4. The summed E-state index contributed by atoms with van der Waals surface area (Å²) in [6.07, 6.45) is 7.43. The molecule has 0 saturated heterocycles. The summed E-state index contributed by atoms with van der Waals surface area (Å²) in [5.41, 5.74) is 11.9. The fourth-order valence-corrected chi connectivity index (χ4v) is 8.08. The smallest absolute Gasteiger partial charge is 0.151 e. The Morgan fingerprint density at radius 1 is 0.643 bits per heavy atom. The maximum Gasteiger partial charge on any atom is 0.151 e. The molecule has 2 N–H and O–H groups in total. The van der Waals surface area contributed by atoms with Crippen LogP contribution >= 0.6 is 11.3 Å². The zero-order valence-corrected chi connectivity index (χ0v) is 32.2. The van der Waals surface area contributed by atoms with Gasteiger partial charge in [0.1, 0.15) is 11.2 Å². The van der Waals surface area contributed by atoms with Crippen molar-refractivity contribution in [3.05, 3.63) is 192 Å². The number of benzene rings is 7. The lowest BCUT2D eigenvalue weighted by Crippen LogP contribution is -1.91. The minimum absolute atomic E-state index is 0.223. The molecule has 7 aromatic carbocycles. The quantitative estimate of drug-likeness (QED) is 0.129. The van der Waals surface area contributed by atoms with Crippen LogP contribution in [0.15, 0.2) is 174 Å². The van der Waals surface area contributed by atoms with E-state index in [2.05, 4.69) is 134 Å². The highest BCUT2D eigenvalue weighted by Gasteiger charge is 2.15. The van der Waals surface area contributed by atoms with Crippen molar-refractivity contribution < 1.29 is 4.42 Å². The number of rotatable bonds is 6. The molecule has 0 spiro atoms. The number of amidine groups is 1. The third-order valence-corrected chi connectivity index (χ3v) is 10.7. The van der Waals surface area contributed by atoms with Crippen LogP contribution in [0.3, 0.4) is 0 Å². The van der Waals surface area contributed by atoms with Crippen LogP contribution in [-0.4, -0.2) is 18.8 Å². The van der Waals surface area contributed by atoms with Crippen molar-refractivity contribution in [3.8, 4) is 22.3 Å². The first kappa shape index (κ1) is 37.4. The van der Waals surface area contributed by atoms with E-state index in [1.165, 1.54) is 59.8 Å². The molecule has 9 aromatic rings. The minimum atomic E-state index is 0.223. The van der Waals surface area contributed by atoms with Crippen molar-refractivity contribution in [2.75, 3.05) is 0 Å². The van der Waals surface area contributed by atoms with E-state index in [4.69, 9.17) is 15.2 Å². The van der Waals surface area contributed by atoms with E-state index >= 15 is 0 Å². The van der Waals surface area contributed by atoms with Crippen molar-refractivity contribution >= 4 is 84.4 Å². The van der Waals surface area contributed by atoms with Crippen LogP contribution in [0.5, 0.6) is 0 Å². The molecule has 0 aliphatic carbocycles. The highest BCUT2D eigenvalue weighted by Crippen LogP contribution is 2.42. The van der Waals surface area contributed by atoms with Gasteiger partial charge in [-0.3, -0.25) is 5.41 Å². The van der Waals surface area contributed by atoms with E-state index < -0.39 is 0 Å². The summed E-state index contributed by atoms with van der Waals surface area (Å²) >= 11 is 1.84. The number of thiophene rings is 1. The van der Waals surface area contributed by atoms with Crippen molar-refractivity contribution in [3.63, 3.8) is 0 Å². The van der Waals surface area contributed by atoms with Gasteiger partial charge in [0, 0.05) is 48.3 Å². The van der Waals surface area contributed by atoms with Crippen LogP contribution in [0.1, 0.15) is 34.7 Å². The Balaban J connectivity index is 0.000000179. The lowest BCUT2D eigenvalue weighted by molar-refractivity contribution is 0.669. The number of furan rings is 1. The predicted molar refractivity (Wildman–Crippen MR) is 244 cm³/mol. The molecule has 0 radical (unpaired) electrons. The predicted octanol–water partition coefficient (Wildman–Crippen LogP) is 14.7. The standard InChI is InChI=1S/C31H19NOS.C12H14.C8H8N2/c32-18-22-8-4-10-27-30(22)25-16-21(13-15-26(25)33-27)23-9-5-11-28-31(23)24-14-12-20(17-29(24)34-28)19-6-2-1-3-7-19;1-4-6-12-9-10(3)7-8-11(12)5-2;1-10-8(9)7-5-3-2-4-6-7/h1-18,32H;4-9H,2H2,1,3H3;2-6,9H,1H2/b;6-4-;. The first-order valence-electron chi connectivity index (χ1n) is 18.4. The van der Waals surface area contributed by atoms with E-state index in [9.17, 15) is 0 Å². The minimum Gasteiger partial charge on any atom is -0.456 e. The summed E-state index contributed by atoms with van der Waals surface area (Å²) < 4.78 is 8.67. The second-order valence-electron chi connectivity index (χ2n) is 13.2. The maximum atomic E-state index is 7.85. The molecular weight excluding hydrogens is 703 g/mol. The fourth-order valence-electron chi connectivity index (χ4n) is 6.91. The summed E-state index contributed by atoms with van der Waals surface area (Å²) in [6.45, 7) is 11.2. The van der Waals surface area contributed by atoms with Gasteiger partial charge in [0.15, 0.2) is 5.84 Å². The summed E-state index contributed by atoms with van der Waals surface area (Å²) in [4.78, 5) is 3.49. The van der Waals surface area contributed by atoms with Gasteiger partial charge >= 0.3 is 0 Å². The number of fused-ring (bicyclic) bond motifs is 6. The van der Waals surface area contributed by atoms with E-state index in [-0.39, 0.29) is 5.84 Å². The average Bonchev–Trinajstić information content (AvgIpc) is 3.82. The lowest BCUT2D eigenvalue weighted by atomic mass is 9.96. The largest absolute Gasteiger partial charge is 0.456 e. The van der Waals surface area contributed by atoms with Crippen LogP contribution in [0.2, 0.25) is 0 Å². The van der Waals surface area contributed by atoms with Gasteiger partial charge < -0.3 is 9.83 Å². The molecule has 4 nitrogen and oxygen atoms in total. The van der Waals surface area contributed by atoms with Gasteiger partial charge in [-0.1, -0.05) is 152 Å². The number of allylic oxidation sites excluding steroid dienone is 1. The molecule has 0 aliphatic rings. The van der Waals surface area contributed by atoms with Gasteiger partial charge in [-0.25, -0.2) is 4.99 Å². The zero-order valence-electron chi connectivity index (χ0n) is 31.4. The summed E-state index contributed by atoms with van der Waals surface area (Å²) in [6, 6.07) is 51.9. The fraction of sp³-hybridized carbons (Fsp3) is 0.0392. The lowest BCUT2D eigenvalue weighted by Gasteiger charge is -2.06. The molecule has 9 rings (SSSR count). The first-order valence-corrected chi connectivity index (χ1v) is 19.2. The molecule has 272 valence electrons. The Labute approximate surface area is 331 Å². The second-order valence-corrected chi connectivity index (χ2v) is 14.3. The highest BCUT2D eigenvalue weighted by molar-refractivity contribution is 7.26. The number of aryl methyl sites for hydroxylation is 1. The van der Waals surface area contributed by atoms with Crippen LogP contribution < -0.4 is 0 Å².